The van der Waals surface area contributed by atoms with Crippen LogP contribution < -0.4 is 4.74 Å². The van der Waals surface area contributed by atoms with E-state index in [-0.39, 0.29) is 12.4 Å². The van der Waals surface area contributed by atoms with Crippen LogP contribution >= 0.6 is 23.2 Å². The van der Waals surface area contributed by atoms with Gasteiger partial charge in [-0.05, 0) is 30.3 Å². The molecule has 2 nitrogen and oxygen atoms in total. The van der Waals surface area contributed by atoms with E-state index in [1.807, 2.05) is 0 Å². The lowest BCUT2D eigenvalue weighted by Gasteiger charge is -2.08. The number of halogens is 3. The van der Waals surface area contributed by atoms with Crippen molar-refractivity contribution in [1.82, 2.24) is 4.98 Å². The van der Waals surface area contributed by atoms with Crippen LogP contribution in [0, 0.1) is 5.95 Å². The predicted octanol–water partition coefficient (Wildman–Crippen LogP) is 4.11. The number of hydrogen-bond donors (Lipinski definition) is 0. The molecule has 2 rings (SSSR count). The van der Waals surface area contributed by atoms with E-state index in [0.717, 1.165) is 0 Å². The summed E-state index contributed by atoms with van der Waals surface area (Å²) in [6.45, 7) is 0.141. The van der Waals surface area contributed by atoms with Gasteiger partial charge in [-0.2, -0.15) is 4.39 Å². The highest BCUT2D eigenvalue weighted by Crippen LogP contribution is 2.23. The molecule has 0 aliphatic heterocycles. The van der Waals surface area contributed by atoms with Gasteiger partial charge in [-0.3, -0.25) is 0 Å². The zero-order valence-corrected chi connectivity index (χ0v) is 10.2. The SMILES string of the molecule is Fc1ncccc1OCc1cc(Cl)ccc1Cl. The van der Waals surface area contributed by atoms with E-state index in [9.17, 15) is 4.39 Å². The lowest BCUT2D eigenvalue weighted by atomic mass is 10.2. The second kappa shape index (κ2) is 5.34. The van der Waals surface area contributed by atoms with E-state index in [0.29, 0.717) is 15.6 Å². The topological polar surface area (TPSA) is 22.1 Å². The highest BCUT2D eigenvalue weighted by molar-refractivity contribution is 6.33. The summed E-state index contributed by atoms with van der Waals surface area (Å²) in [5.74, 6) is -0.561. The second-order valence-corrected chi connectivity index (χ2v) is 4.16. The molecule has 17 heavy (non-hydrogen) atoms. The monoisotopic (exact) mass is 271 g/mol. The van der Waals surface area contributed by atoms with Gasteiger partial charge in [-0.25, -0.2) is 4.98 Å². The van der Waals surface area contributed by atoms with Gasteiger partial charge in [0.05, 0.1) is 0 Å². The third-order valence-electron chi connectivity index (χ3n) is 2.12. The number of ether oxygens (including phenoxy) is 1. The molecule has 5 heteroatoms. The van der Waals surface area contributed by atoms with Gasteiger partial charge >= 0.3 is 0 Å². The molecule has 0 fully saturated rings. The third kappa shape index (κ3) is 3.08. The van der Waals surface area contributed by atoms with E-state index in [1.165, 1.54) is 12.3 Å². The molecule has 0 aliphatic carbocycles. The lowest BCUT2D eigenvalue weighted by Crippen LogP contribution is -1.99. The van der Waals surface area contributed by atoms with Crippen molar-refractivity contribution in [3.63, 3.8) is 0 Å². The van der Waals surface area contributed by atoms with Crippen molar-refractivity contribution in [2.75, 3.05) is 0 Å². The fourth-order valence-corrected chi connectivity index (χ4v) is 1.66. The standard InChI is InChI=1S/C12H8Cl2FNO/c13-9-3-4-10(14)8(6-9)7-17-11-2-1-5-16-12(11)15/h1-6H,7H2. The van der Waals surface area contributed by atoms with Crippen molar-refractivity contribution in [2.24, 2.45) is 0 Å². The number of aromatic nitrogens is 1. The molecular weight excluding hydrogens is 264 g/mol. The smallest absolute Gasteiger partial charge is 0.255 e. The minimum atomic E-state index is -0.648. The second-order valence-electron chi connectivity index (χ2n) is 3.32. The van der Waals surface area contributed by atoms with Crippen LogP contribution in [0.15, 0.2) is 36.5 Å². The Bertz CT molecular complexity index is 534. The first-order valence-electron chi connectivity index (χ1n) is 4.84. The summed E-state index contributed by atoms with van der Waals surface area (Å²) in [4.78, 5) is 3.48. The molecular formula is C12H8Cl2FNO. The minimum absolute atomic E-state index is 0.0866. The van der Waals surface area contributed by atoms with Gasteiger partial charge in [0.1, 0.15) is 6.61 Å². The molecule has 1 aromatic carbocycles. The van der Waals surface area contributed by atoms with Crippen LogP contribution in [0.3, 0.4) is 0 Å². The van der Waals surface area contributed by atoms with E-state index in [1.54, 1.807) is 24.3 Å². The van der Waals surface area contributed by atoms with Crippen LogP contribution in [0.25, 0.3) is 0 Å². The largest absolute Gasteiger partial charge is 0.484 e. The highest BCUT2D eigenvalue weighted by Gasteiger charge is 2.06. The average Bonchev–Trinajstić information content (AvgIpc) is 2.32. The molecule has 0 N–H and O–H groups in total. The van der Waals surface area contributed by atoms with Crippen molar-refractivity contribution in [3.05, 3.63) is 58.1 Å². The molecule has 2 aromatic rings. The molecule has 0 aliphatic rings. The molecule has 0 amide bonds. The van der Waals surface area contributed by atoms with Crippen molar-refractivity contribution < 1.29 is 9.13 Å². The Morgan fingerprint density at radius 2 is 2.06 bits per heavy atom. The first-order chi connectivity index (χ1) is 8.16. The summed E-state index contributed by atoms with van der Waals surface area (Å²) in [5.41, 5.74) is 0.697. The van der Waals surface area contributed by atoms with Crippen LogP contribution in [0.1, 0.15) is 5.56 Å². The van der Waals surface area contributed by atoms with Crippen LogP contribution in [0.5, 0.6) is 5.75 Å². The first kappa shape index (κ1) is 12.1. The summed E-state index contributed by atoms with van der Waals surface area (Å²) in [6.07, 6.45) is 1.36. The van der Waals surface area contributed by atoms with E-state index < -0.39 is 5.95 Å². The molecule has 0 radical (unpaired) electrons. The Morgan fingerprint density at radius 3 is 2.82 bits per heavy atom. The fourth-order valence-electron chi connectivity index (χ4n) is 1.29. The Hall–Kier alpha value is -1.32. The van der Waals surface area contributed by atoms with Gasteiger partial charge in [0.2, 0.25) is 0 Å². The zero-order valence-electron chi connectivity index (χ0n) is 8.66. The number of hydrogen-bond acceptors (Lipinski definition) is 2. The summed E-state index contributed by atoms with van der Waals surface area (Å²) < 4.78 is 18.5. The van der Waals surface area contributed by atoms with Crippen LogP contribution in [0.2, 0.25) is 10.0 Å². The maximum absolute atomic E-state index is 13.2. The van der Waals surface area contributed by atoms with E-state index in [4.69, 9.17) is 27.9 Å². The molecule has 88 valence electrons. The van der Waals surface area contributed by atoms with Crippen molar-refractivity contribution in [2.45, 2.75) is 6.61 Å². The molecule has 0 saturated heterocycles. The summed E-state index contributed by atoms with van der Waals surface area (Å²) in [5, 5.41) is 1.08. The van der Waals surface area contributed by atoms with Crippen molar-refractivity contribution >= 4 is 23.2 Å². The molecule has 0 saturated carbocycles. The quantitative estimate of drug-likeness (QED) is 0.784. The average molecular weight is 272 g/mol. The minimum Gasteiger partial charge on any atom is -0.484 e. The van der Waals surface area contributed by atoms with Gasteiger partial charge in [-0.15, -0.1) is 0 Å². The molecule has 0 bridgehead atoms. The number of nitrogens with zero attached hydrogens (tertiary/aromatic N) is 1. The van der Waals surface area contributed by atoms with Crippen molar-refractivity contribution in [1.29, 1.82) is 0 Å². The van der Waals surface area contributed by atoms with Gasteiger partial charge in [-0.1, -0.05) is 23.2 Å². The van der Waals surface area contributed by atoms with Gasteiger partial charge in [0.25, 0.3) is 5.95 Å². The lowest BCUT2D eigenvalue weighted by molar-refractivity contribution is 0.286. The molecule has 0 spiro atoms. The van der Waals surface area contributed by atoms with Crippen LogP contribution in [-0.4, -0.2) is 4.98 Å². The van der Waals surface area contributed by atoms with Crippen LogP contribution in [0.4, 0.5) is 4.39 Å². The van der Waals surface area contributed by atoms with Gasteiger partial charge in [0, 0.05) is 21.8 Å². The maximum atomic E-state index is 13.2. The molecule has 1 aromatic heterocycles. The third-order valence-corrected chi connectivity index (χ3v) is 2.72. The Morgan fingerprint density at radius 1 is 1.24 bits per heavy atom. The Balaban J connectivity index is 2.12. The predicted molar refractivity (Wildman–Crippen MR) is 65.0 cm³/mol. The first-order valence-corrected chi connectivity index (χ1v) is 5.59. The normalized spacial score (nSPS) is 10.3. The summed E-state index contributed by atoms with van der Waals surface area (Å²) in [6, 6.07) is 8.12. The summed E-state index contributed by atoms with van der Waals surface area (Å²) >= 11 is 11.8. The highest BCUT2D eigenvalue weighted by atomic mass is 35.5. The van der Waals surface area contributed by atoms with Gasteiger partial charge in [0.15, 0.2) is 5.75 Å². The van der Waals surface area contributed by atoms with E-state index >= 15 is 0 Å². The number of benzene rings is 1. The Kier molecular flexibility index (Phi) is 3.82. The number of rotatable bonds is 3. The molecule has 1 heterocycles. The van der Waals surface area contributed by atoms with Gasteiger partial charge < -0.3 is 4.74 Å². The maximum Gasteiger partial charge on any atom is 0.255 e. The molecule has 0 unspecified atom stereocenters. The van der Waals surface area contributed by atoms with Crippen molar-refractivity contribution in [3.8, 4) is 5.75 Å². The van der Waals surface area contributed by atoms with Crippen LogP contribution in [-0.2, 0) is 6.61 Å². The fraction of sp³-hybridized carbons (Fsp3) is 0.0833. The number of pyridine rings is 1. The van der Waals surface area contributed by atoms with E-state index in [2.05, 4.69) is 4.98 Å². The zero-order chi connectivity index (χ0) is 12.3. The molecule has 0 atom stereocenters. The Labute approximate surface area is 108 Å². The summed E-state index contributed by atoms with van der Waals surface area (Å²) in [7, 11) is 0.